The number of hydrogen-bond donors (Lipinski definition) is 4. The summed E-state index contributed by atoms with van der Waals surface area (Å²) in [6.07, 6.45) is 0.689. The summed E-state index contributed by atoms with van der Waals surface area (Å²) in [4.78, 5) is 18.8. The van der Waals surface area contributed by atoms with E-state index in [2.05, 4.69) is 46.6 Å². The zero-order chi connectivity index (χ0) is 29.3. The fourth-order valence-corrected chi connectivity index (χ4v) is 4.93. The summed E-state index contributed by atoms with van der Waals surface area (Å²) in [6, 6.07) is 9.09. The summed E-state index contributed by atoms with van der Waals surface area (Å²) >= 11 is 0. The largest absolute Gasteiger partial charge is 0.416 e. The molecule has 13 heteroatoms. The maximum atomic E-state index is 13.2. The Bertz CT molecular complexity index is 1560. The molecule has 6 N–H and O–H groups in total. The van der Waals surface area contributed by atoms with Gasteiger partial charge in [-0.3, -0.25) is 4.98 Å². The van der Waals surface area contributed by atoms with Crippen LogP contribution in [0, 0.1) is 5.92 Å². The number of benzene rings is 1. The van der Waals surface area contributed by atoms with Crippen molar-refractivity contribution in [2.24, 2.45) is 22.7 Å². The Balaban J connectivity index is 1.71. The van der Waals surface area contributed by atoms with Gasteiger partial charge >= 0.3 is 6.18 Å². The topological polar surface area (TPSA) is 145 Å². The third-order valence-electron chi connectivity index (χ3n) is 7.60. The standard InChI is InChI=1S/C28H33F3N10/c1-15(2)19-11-12-34-21(13-19)27-38-24-22(41(27)14-17-7-9-20(10-8-17)28(29,30)31)23(35-16(3)18-5-4-6-18)36-25(37-24)26(39-32)40-33/h7-13,15-16,18H,4-6,14,32-33H2,1-3H3,(H,39,40)(H,35,36,37)/t16-/m1/s1. The van der Waals surface area contributed by atoms with Crippen LogP contribution in [0.15, 0.2) is 47.7 Å². The van der Waals surface area contributed by atoms with Crippen LogP contribution in [0.3, 0.4) is 0 Å². The van der Waals surface area contributed by atoms with Crippen molar-refractivity contribution in [2.45, 2.75) is 64.7 Å². The number of anilines is 1. The van der Waals surface area contributed by atoms with Gasteiger partial charge < -0.3 is 21.2 Å². The Labute approximate surface area is 235 Å². The molecule has 0 amide bonds. The van der Waals surface area contributed by atoms with Gasteiger partial charge in [0, 0.05) is 18.8 Å². The Hall–Kier alpha value is -4.26. The van der Waals surface area contributed by atoms with E-state index >= 15 is 0 Å². The molecular weight excluding hydrogens is 533 g/mol. The molecule has 0 unspecified atom stereocenters. The Morgan fingerprint density at radius 3 is 2.41 bits per heavy atom. The van der Waals surface area contributed by atoms with Crippen molar-refractivity contribution >= 4 is 22.8 Å². The molecular formula is C28H33F3N10. The molecule has 41 heavy (non-hydrogen) atoms. The van der Waals surface area contributed by atoms with Crippen molar-refractivity contribution in [1.29, 1.82) is 0 Å². The van der Waals surface area contributed by atoms with Crippen LogP contribution in [0.4, 0.5) is 19.0 Å². The number of rotatable bonds is 8. The quantitative estimate of drug-likeness (QED) is 0.103. The lowest BCUT2D eigenvalue weighted by Gasteiger charge is -2.32. The second-order valence-corrected chi connectivity index (χ2v) is 10.7. The van der Waals surface area contributed by atoms with Crippen LogP contribution in [-0.2, 0) is 12.7 Å². The predicted octanol–water partition coefficient (Wildman–Crippen LogP) is 4.76. The number of alkyl halides is 3. The molecule has 0 bridgehead atoms. The van der Waals surface area contributed by atoms with Gasteiger partial charge in [-0.2, -0.15) is 18.3 Å². The van der Waals surface area contributed by atoms with E-state index in [9.17, 15) is 13.2 Å². The molecule has 3 aromatic heterocycles. The summed E-state index contributed by atoms with van der Waals surface area (Å²) in [5.41, 5.74) is 4.95. The maximum Gasteiger partial charge on any atom is 0.416 e. The van der Waals surface area contributed by atoms with Crippen LogP contribution < -0.4 is 22.4 Å². The number of nitrogens with zero attached hydrogens (tertiary/aromatic N) is 6. The minimum absolute atomic E-state index is 0.0741. The molecule has 216 valence electrons. The molecule has 1 saturated carbocycles. The predicted molar refractivity (Wildman–Crippen MR) is 152 cm³/mol. The molecule has 1 aromatic carbocycles. The fraction of sp³-hybridized carbons (Fsp3) is 0.393. The van der Waals surface area contributed by atoms with Crippen LogP contribution in [0.25, 0.3) is 22.7 Å². The maximum absolute atomic E-state index is 13.2. The van der Waals surface area contributed by atoms with Crippen LogP contribution in [0.2, 0.25) is 0 Å². The van der Waals surface area contributed by atoms with Gasteiger partial charge in [-0.15, -0.1) is 0 Å². The van der Waals surface area contributed by atoms with E-state index in [-0.39, 0.29) is 30.2 Å². The molecule has 4 aromatic rings. The van der Waals surface area contributed by atoms with Gasteiger partial charge in [0.05, 0.1) is 5.56 Å². The van der Waals surface area contributed by atoms with E-state index in [4.69, 9.17) is 21.7 Å². The van der Waals surface area contributed by atoms with E-state index in [1.165, 1.54) is 18.6 Å². The van der Waals surface area contributed by atoms with Crippen molar-refractivity contribution in [3.63, 3.8) is 0 Å². The minimum atomic E-state index is -4.43. The van der Waals surface area contributed by atoms with Crippen molar-refractivity contribution < 1.29 is 13.2 Å². The van der Waals surface area contributed by atoms with Crippen LogP contribution in [0.5, 0.6) is 0 Å². The van der Waals surface area contributed by atoms with E-state index in [1.54, 1.807) is 6.20 Å². The molecule has 1 aliphatic rings. The molecule has 0 spiro atoms. The van der Waals surface area contributed by atoms with Crippen molar-refractivity contribution in [1.82, 2.24) is 29.9 Å². The zero-order valence-corrected chi connectivity index (χ0v) is 23.1. The number of aromatic nitrogens is 5. The normalized spacial score (nSPS) is 15.3. The first-order valence-electron chi connectivity index (χ1n) is 13.5. The lowest BCUT2D eigenvalue weighted by molar-refractivity contribution is -0.137. The van der Waals surface area contributed by atoms with E-state index in [1.807, 2.05) is 16.7 Å². The molecule has 1 atom stereocenters. The number of amidine groups is 1. The average Bonchev–Trinajstić information content (AvgIpc) is 3.26. The van der Waals surface area contributed by atoms with Crippen molar-refractivity contribution in [3.05, 3.63) is 65.1 Å². The minimum Gasteiger partial charge on any atom is -0.365 e. The van der Waals surface area contributed by atoms with Gasteiger partial charge in [0.1, 0.15) is 11.2 Å². The Morgan fingerprint density at radius 1 is 1.10 bits per heavy atom. The lowest BCUT2D eigenvalue weighted by Crippen LogP contribution is -2.35. The van der Waals surface area contributed by atoms with E-state index < -0.39 is 11.7 Å². The highest BCUT2D eigenvalue weighted by Gasteiger charge is 2.30. The summed E-state index contributed by atoms with van der Waals surface area (Å²) in [5, 5.41) is 7.20. The third kappa shape index (κ3) is 5.80. The number of nitrogens with one attached hydrogen (secondary N) is 2. The number of hydrogen-bond acceptors (Lipinski definition) is 8. The van der Waals surface area contributed by atoms with Gasteiger partial charge in [0.2, 0.25) is 11.7 Å². The molecule has 10 nitrogen and oxygen atoms in total. The SMILES string of the molecule is CC(C)c1ccnc(-c2nc3nc(/C(=N/N)NN)nc(N[C@H](C)C4CCC4)c3n2Cc2ccc(C(F)(F)F)cc2)c1. The van der Waals surface area contributed by atoms with Gasteiger partial charge in [0.15, 0.2) is 17.3 Å². The van der Waals surface area contributed by atoms with E-state index in [0.717, 1.165) is 30.5 Å². The number of hydrazine groups is 1. The molecule has 0 radical (unpaired) electrons. The highest BCUT2D eigenvalue weighted by Crippen LogP contribution is 2.34. The number of hydrazone groups is 1. The van der Waals surface area contributed by atoms with Crippen molar-refractivity contribution in [3.8, 4) is 11.5 Å². The number of imidazole rings is 1. The number of halogens is 3. The van der Waals surface area contributed by atoms with Gasteiger partial charge in [0.25, 0.3) is 0 Å². The summed E-state index contributed by atoms with van der Waals surface area (Å²) in [7, 11) is 0. The monoisotopic (exact) mass is 566 g/mol. The second-order valence-electron chi connectivity index (χ2n) is 10.7. The summed E-state index contributed by atoms with van der Waals surface area (Å²) < 4.78 is 41.6. The van der Waals surface area contributed by atoms with Crippen LogP contribution in [-0.4, -0.2) is 36.4 Å². The van der Waals surface area contributed by atoms with E-state index in [0.29, 0.717) is 40.0 Å². The molecule has 0 saturated heterocycles. The van der Waals surface area contributed by atoms with Gasteiger partial charge in [-0.05, 0) is 67.0 Å². The highest BCUT2D eigenvalue weighted by molar-refractivity contribution is 5.98. The van der Waals surface area contributed by atoms with Crippen LogP contribution >= 0.6 is 0 Å². The molecule has 5 rings (SSSR count). The first kappa shape index (κ1) is 28.3. The average molecular weight is 567 g/mol. The first-order valence-corrected chi connectivity index (χ1v) is 13.5. The molecule has 1 fully saturated rings. The molecule has 0 aliphatic heterocycles. The fourth-order valence-electron chi connectivity index (χ4n) is 4.93. The lowest BCUT2D eigenvalue weighted by atomic mass is 9.80. The molecule has 3 heterocycles. The Morgan fingerprint density at radius 2 is 1.83 bits per heavy atom. The van der Waals surface area contributed by atoms with Gasteiger partial charge in [-0.25, -0.2) is 20.8 Å². The number of pyridine rings is 1. The zero-order valence-electron chi connectivity index (χ0n) is 23.1. The number of fused-ring (bicyclic) bond motifs is 1. The third-order valence-corrected chi connectivity index (χ3v) is 7.60. The van der Waals surface area contributed by atoms with Crippen molar-refractivity contribution in [2.75, 3.05) is 5.32 Å². The number of nitrogens with two attached hydrogens (primary N) is 2. The Kier molecular flexibility index (Phi) is 7.80. The summed E-state index contributed by atoms with van der Waals surface area (Å²) in [6.45, 7) is 6.47. The molecule has 1 aliphatic carbocycles. The first-order chi connectivity index (χ1) is 19.6. The summed E-state index contributed by atoms with van der Waals surface area (Å²) in [5.74, 6) is 13.1. The smallest absolute Gasteiger partial charge is 0.365 e. The van der Waals surface area contributed by atoms with Gasteiger partial charge in [-0.1, -0.05) is 32.4 Å². The highest BCUT2D eigenvalue weighted by atomic mass is 19.4. The van der Waals surface area contributed by atoms with Crippen LogP contribution in [0.1, 0.15) is 68.5 Å². The second kappa shape index (κ2) is 11.3.